The minimum Gasteiger partial charge on any atom is -0.379 e. The van der Waals surface area contributed by atoms with Gasteiger partial charge in [-0.1, -0.05) is 12.1 Å². The third kappa shape index (κ3) is 6.30. The number of hydrogen-bond donors (Lipinski definition) is 2. The Morgan fingerprint density at radius 2 is 2.06 bits per heavy atom. The molecule has 168 valence electrons. The highest BCUT2D eigenvalue weighted by Gasteiger charge is 2.25. The lowest BCUT2D eigenvalue weighted by Gasteiger charge is -2.25. The van der Waals surface area contributed by atoms with E-state index in [2.05, 4.69) is 10.3 Å². The van der Waals surface area contributed by atoms with Gasteiger partial charge < -0.3 is 20.2 Å². The molecule has 2 aromatic rings. The van der Waals surface area contributed by atoms with Crippen molar-refractivity contribution < 1.29 is 22.9 Å². The summed E-state index contributed by atoms with van der Waals surface area (Å²) in [6.07, 6.45) is 1.67. The van der Waals surface area contributed by atoms with Gasteiger partial charge >= 0.3 is 5.82 Å². The Morgan fingerprint density at radius 3 is 2.74 bits per heavy atom. The number of morpholine rings is 1. The average Bonchev–Trinajstić information content (AvgIpc) is 3.10. The first-order chi connectivity index (χ1) is 14.7. The lowest BCUT2D eigenvalue weighted by atomic mass is 10.1. The van der Waals surface area contributed by atoms with Gasteiger partial charge in [0.1, 0.15) is 0 Å². The smallest absolute Gasteiger partial charge is 0.347 e. The van der Waals surface area contributed by atoms with E-state index in [9.17, 15) is 23.3 Å². The van der Waals surface area contributed by atoms with Crippen molar-refractivity contribution in [1.29, 1.82) is 0 Å². The molecule has 0 bridgehead atoms. The summed E-state index contributed by atoms with van der Waals surface area (Å²) in [5, 5.41) is 19.3. The fraction of sp³-hybridized carbons (Fsp3) is 0.444. The van der Waals surface area contributed by atoms with Crippen molar-refractivity contribution in [3.63, 3.8) is 0 Å². The summed E-state index contributed by atoms with van der Waals surface area (Å²) in [7, 11) is -3.80. The Kier molecular flexibility index (Phi) is 7.33. The molecule has 1 aromatic heterocycles. The predicted octanol–water partition coefficient (Wildman–Crippen LogP) is -0.370. The third-order valence-corrected chi connectivity index (χ3v) is 5.72. The summed E-state index contributed by atoms with van der Waals surface area (Å²) in [6.45, 7) is 2.76. The van der Waals surface area contributed by atoms with Gasteiger partial charge in [0, 0.05) is 26.2 Å². The van der Waals surface area contributed by atoms with Gasteiger partial charge in [0.05, 0.1) is 18.1 Å². The van der Waals surface area contributed by atoms with Gasteiger partial charge in [-0.25, -0.2) is 23.1 Å². The number of ether oxygens (including phenoxy) is 1. The van der Waals surface area contributed by atoms with Crippen LogP contribution in [0.25, 0.3) is 0 Å². The van der Waals surface area contributed by atoms with Gasteiger partial charge in [-0.2, -0.15) is 0 Å². The van der Waals surface area contributed by atoms with Gasteiger partial charge in [0.25, 0.3) is 5.91 Å². The molecule has 13 heteroatoms. The van der Waals surface area contributed by atoms with Gasteiger partial charge in [-0.3, -0.25) is 9.69 Å². The quantitative estimate of drug-likeness (QED) is 0.384. The lowest BCUT2D eigenvalue weighted by Crippen LogP contribution is -2.36. The molecule has 0 spiro atoms. The second kappa shape index (κ2) is 9.96. The van der Waals surface area contributed by atoms with Crippen LogP contribution in [0, 0.1) is 10.1 Å². The molecule has 12 nitrogen and oxygen atoms in total. The maximum Gasteiger partial charge on any atom is 0.347 e. The van der Waals surface area contributed by atoms with Crippen LogP contribution in [0.3, 0.4) is 0 Å². The van der Waals surface area contributed by atoms with Crippen LogP contribution in [0.4, 0.5) is 5.82 Å². The number of nitrogens with two attached hydrogens (primary N) is 1. The number of sulfonamides is 1. The molecule has 1 aliphatic rings. The molecule has 0 radical (unpaired) electrons. The van der Waals surface area contributed by atoms with Crippen LogP contribution in [-0.4, -0.2) is 66.5 Å². The number of carbonyl (C=O) groups is 1. The van der Waals surface area contributed by atoms with Crippen molar-refractivity contribution in [1.82, 2.24) is 19.8 Å². The van der Waals surface area contributed by atoms with E-state index in [0.717, 1.165) is 0 Å². The van der Waals surface area contributed by atoms with E-state index in [1.165, 1.54) is 23.0 Å². The number of carbonyl (C=O) groups excluding carboxylic acids is 1. The summed E-state index contributed by atoms with van der Waals surface area (Å²) in [5.74, 6) is -0.622. The number of aromatic nitrogens is 2. The molecule has 1 saturated heterocycles. The molecule has 1 amide bonds. The standard InChI is InChI=1S/C18H24N6O6S/c19-31(28,29)15-3-1-2-14(10-15)4-5-20-17(25)12-23-13-21-16(18(23)24(26)27)11-22-6-8-30-9-7-22/h1-3,10,13H,4-9,11-12H2,(H,20,25)(H2,19,28,29). The minimum absolute atomic E-state index is 0.00170. The molecule has 0 atom stereocenters. The average molecular weight is 452 g/mol. The van der Waals surface area contributed by atoms with E-state index in [4.69, 9.17) is 9.88 Å². The number of benzene rings is 1. The predicted molar refractivity (Wildman–Crippen MR) is 110 cm³/mol. The second-order valence-corrected chi connectivity index (χ2v) is 8.64. The number of amides is 1. The zero-order valence-corrected chi connectivity index (χ0v) is 17.6. The first-order valence-corrected chi connectivity index (χ1v) is 11.2. The summed E-state index contributed by atoms with van der Waals surface area (Å²) < 4.78 is 29.3. The topological polar surface area (TPSA) is 163 Å². The van der Waals surface area contributed by atoms with Crippen LogP contribution in [0.5, 0.6) is 0 Å². The van der Waals surface area contributed by atoms with Gasteiger partial charge in [-0.05, 0) is 29.0 Å². The molecule has 0 saturated carbocycles. The van der Waals surface area contributed by atoms with Crippen molar-refractivity contribution in [2.45, 2.75) is 24.4 Å². The third-order valence-electron chi connectivity index (χ3n) is 4.81. The van der Waals surface area contributed by atoms with Crippen molar-refractivity contribution >= 4 is 21.7 Å². The van der Waals surface area contributed by atoms with Gasteiger partial charge in [0.2, 0.25) is 10.0 Å². The van der Waals surface area contributed by atoms with E-state index < -0.39 is 20.9 Å². The number of nitrogens with one attached hydrogen (secondary N) is 1. The largest absolute Gasteiger partial charge is 0.379 e. The van der Waals surface area contributed by atoms with E-state index >= 15 is 0 Å². The van der Waals surface area contributed by atoms with Gasteiger partial charge in [-0.15, -0.1) is 0 Å². The Morgan fingerprint density at radius 1 is 1.32 bits per heavy atom. The molecular formula is C18H24N6O6S. The van der Waals surface area contributed by atoms with Crippen molar-refractivity contribution in [2.75, 3.05) is 32.8 Å². The molecule has 3 rings (SSSR count). The number of imidazole rings is 1. The molecule has 1 fully saturated rings. The van der Waals surface area contributed by atoms with E-state index in [1.54, 1.807) is 12.1 Å². The van der Waals surface area contributed by atoms with E-state index in [1.807, 2.05) is 4.90 Å². The van der Waals surface area contributed by atoms with Gasteiger partial charge in [0.15, 0.2) is 18.6 Å². The molecule has 0 unspecified atom stereocenters. The molecule has 1 aromatic carbocycles. The maximum atomic E-state index is 12.3. The van der Waals surface area contributed by atoms with Crippen LogP contribution < -0.4 is 10.5 Å². The van der Waals surface area contributed by atoms with E-state index in [-0.39, 0.29) is 23.8 Å². The highest BCUT2D eigenvalue weighted by Crippen LogP contribution is 2.19. The maximum absolute atomic E-state index is 12.3. The van der Waals surface area contributed by atoms with Crippen LogP contribution in [0.2, 0.25) is 0 Å². The summed E-state index contributed by atoms with van der Waals surface area (Å²) in [6, 6.07) is 6.13. The summed E-state index contributed by atoms with van der Waals surface area (Å²) >= 11 is 0. The second-order valence-electron chi connectivity index (χ2n) is 7.08. The van der Waals surface area contributed by atoms with Crippen LogP contribution in [0.15, 0.2) is 35.5 Å². The van der Waals surface area contributed by atoms with Crippen LogP contribution >= 0.6 is 0 Å². The fourth-order valence-electron chi connectivity index (χ4n) is 3.26. The van der Waals surface area contributed by atoms with Crippen molar-refractivity contribution in [2.24, 2.45) is 5.14 Å². The molecule has 3 N–H and O–H groups in total. The molecule has 31 heavy (non-hydrogen) atoms. The number of rotatable bonds is 9. The Hall–Kier alpha value is -2.87. The van der Waals surface area contributed by atoms with Crippen molar-refractivity contribution in [3.8, 4) is 0 Å². The van der Waals surface area contributed by atoms with Crippen LogP contribution in [-0.2, 0) is 39.1 Å². The minimum atomic E-state index is -3.80. The number of primary sulfonamides is 1. The number of nitrogens with zero attached hydrogens (tertiary/aromatic N) is 4. The SMILES string of the molecule is NS(=O)(=O)c1cccc(CCNC(=O)Cn2cnc(CN3CCOCC3)c2[N+](=O)[O-])c1. The first-order valence-electron chi connectivity index (χ1n) is 9.61. The normalized spacial score (nSPS) is 15.0. The highest BCUT2D eigenvalue weighted by atomic mass is 32.2. The van der Waals surface area contributed by atoms with Crippen molar-refractivity contribution in [3.05, 3.63) is 52.0 Å². The summed E-state index contributed by atoms with van der Waals surface area (Å²) in [4.78, 5) is 29.4. The highest BCUT2D eigenvalue weighted by molar-refractivity contribution is 7.89. The Balaban J connectivity index is 1.57. The van der Waals surface area contributed by atoms with Crippen LogP contribution in [0.1, 0.15) is 11.3 Å². The monoisotopic (exact) mass is 452 g/mol. The lowest BCUT2D eigenvalue weighted by molar-refractivity contribution is -0.393. The molecular weight excluding hydrogens is 428 g/mol. The zero-order valence-electron chi connectivity index (χ0n) is 16.8. The zero-order chi connectivity index (χ0) is 22.4. The Bertz CT molecular complexity index is 1050. The summed E-state index contributed by atoms with van der Waals surface area (Å²) in [5.41, 5.74) is 0.993. The first kappa shape index (κ1) is 22.8. The fourth-order valence-corrected chi connectivity index (χ4v) is 3.84. The number of nitro groups is 1. The molecule has 0 aliphatic carbocycles. The Labute approximate surface area is 179 Å². The van der Waals surface area contributed by atoms with E-state index in [0.29, 0.717) is 50.5 Å². The molecule has 1 aliphatic heterocycles. The molecule has 2 heterocycles. The number of hydrogen-bond acceptors (Lipinski definition) is 8.